The largest absolute Gasteiger partial charge is 0.493 e. The first-order valence-electron chi connectivity index (χ1n) is 11.3. The molecule has 0 aliphatic carbocycles. The van der Waals surface area contributed by atoms with Crippen LogP contribution in [0.15, 0.2) is 71.8 Å². The molecule has 3 aromatic rings. The minimum atomic E-state index is -0.444. The van der Waals surface area contributed by atoms with E-state index in [1.807, 2.05) is 30.3 Å². The molecule has 0 radical (unpaired) electrons. The van der Waals surface area contributed by atoms with E-state index in [1.165, 1.54) is 17.7 Å². The van der Waals surface area contributed by atoms with Gasteiger partial charge in [-0.05, 0) is 47.4 Å². The molecule has 0 fully saturated rings. The number of methoxy groups -OCH3 is 1. The summed E-state index contributed by atoms with van der Waals surface area (Å²) in [4.78, 5) is 10.3. The fraction of sp³-hybridized carbons (Fsp3) is 0.296. The summed E-state index contributed by atoms with van der Waals surface area (Å²) in [6.45, 7) is 7.51. The van der Waals surface area contributed by atoms with Crippen LogP contribution in [-0.2, 0) is 5.41 Å². The first kappa shape index (κ1) is 25.6. The average Bonchev–Trinajstić information content (AvgIpc) is 2.84. The number of hydrogen-bond acceptors (Lipinski definition) is 7. The number of rotatable bonds is 11. The highest BCUT2D eigenvalue weighted by atomic mass is 16.6. The Hall–Kier alpha value is -4.07. The number of non-ortho nitro benzene ring substituents is 1. The number of para-hydroxylation sites is 1. The van der Waals surface area contributed by atoms with Crippen molar-refractivity contribution in [2.24, 2.45) is 5.10 Å². The van der Waals surface area contributed by atoms with Gasteiger partial charge >= 0.3 is 0 Å². The molecule has 0 saturated heterocycles. The van der Waals surface area contributed by atoms with E-state index in [0.29, 0.717) is 36.8 Å². The number of anilines is 1. The maximum atomic E-state index is 10.8. The monoisotopic (exact) mass is 477 g/mol. The van der Waals surface area contributed by atoms with Crippen LogP contribution in [0.4, 0.5) is 11.4 Å². The van der Waals surface area contributed by atoms with E-state index < -0.39 is 4.92 Å². The van der Waals surface area contributed by atoms with E-state index in [4.69, 9.17) is 14.2 Å². The van der Waals surface area contributed by atoms with Crippen molar-refractivity contribution in [3.8, 4) is 17.2 Å². The first-order valence-corrected chi connectivity index (χ1v) is 11.3. The van der Waals surface area contributed by atoms with Crippen LogP contribution in [0.1, 0.15) is 38.3 Å². The van der Waals surface area contributed by atoms with Gasteiger partial charge in [-0.25, -0.2) is 0 Å². The van der Waals surface area contributed by atoms with E-state index in [9.17, 15) is 10.1 Å². The topological polar surface area (TPSA) is 95.2 Å². The Bertz CT molecular complexity index is 1140. The molecule has 0 aliphatic heterocycles. The van der Waals surface area contributed by atoms with Crippen molar-refractivity contribution in [2.45, 2.75) is 32.6 Å². The molecule has 0 atom stereocenters. The molecule has 3 rings (SSSR count). The van der Waals surface area contributed by atoms with Gasteiger partial charge < -0.3 is 14.2 Å². The lowest BCUT2D eigenvalue weighted by Crippen LogP contribution is -2.11. The average molecular weight is 478 g/mol. The lowest BCUT2D eigenvalue weighted by Gasteiger charge is -2.19. The normalized spacial score (nSPS) is 11.3. The van der Waals surface area contributed by atoms with Gasteiger partial charge in [-0.15, -0.1) is 0 Å². The molecule has 0 amide bonds. The highest BCUT2D eigenvalue weighted by molar-refractivity contribution is 5.85. The number of nitrogens with one attached hydrogen (secondary N) is 1. The number of hydrazone groups is 1. The van der Waals surface area contributed by atoms with E-state index in [1.54, 1.807) is 25.5 Å². The minimum Gasteiger partial charge on any atom is -0.493 e. The molecule has 8 nitrogen and oxygen atoms in total. The Morgan fingerprint density at radius 1 is 0.971 bits per heavy atom. The summed E-state index contributed by atoms with van der Waals surface area (Å²) >= 11 is 0. The Morgan fingerprint density at radius 3 is 2.29 bits per heavy atom. The van der Waals surface area contributed by atoms with Crippen molar-refractivity contribution >= 4 is 17.6 Å². The molecular weight excluding hydrogens is 446 g/mol. The van der Waals surface area contributed by atoms with Gasteiger partial charge in [-0.3, -0.25) is 15.5 Å². The Morgan fingerprint density at radius 2 is 1.66 bits per heavy atom. The minimum absolute atomic E-state index is 0.0221. The molecule has 8 heteroatoms. The molecule has 184 valence electrons. The summed E-state index contributed by atoms with van der Waals surface area (Å²) in [5, 5.41) is 15.0. The van der Waals surface area contributed by atoms with E-state index in [0.717, 1.165) is 11.3 Å². The summed E-state index contributed by atoms with van der Waals surface area (Å²) in [6, 6.07) is 19.7. The highest BCUT2D eigenvalue weighted by Gasteiger charge is 2.13. The van der Waals surface area contributed by atoms with Gasteiger partial charge in [0.25, 0.3) is 5.69 Å². The van der Waals surface area contributed by atoms with Crippen LogP contribution >= 0.6 is 0 Å². The quantitative estimate of drug-likeness (QED) is 0.153. The van der Waals surface area contributed by atoms with Crippen molar-refractivity contribution in [3.63, 3.8) is 0 Å². The second-order valence-corrected chi connectivity index (χ2v) is 8.88. The second kappa shape index (κ2) is 11.9. The number of nitro benzene ring substituents is 1. The van der Waals surface area contributed by atoms with Gasteiger partial charge in [0, 0.05) is 24.1 Å². The molecule has 0 aromatic heterocycles. The third-order valence-corrected chi connectivity index (χ3v) is 5.23. The van der Waals surface area contributed by atoms with Crippen LogP contribution in [0.2, 0.25) is 0 Å². The smallest absolute Gasteiger partial charge is 0.269 e. The molecule has 35 heavy (non-hydrogen) atoms. The molecule has 0 saturated carbocycles. The number of benzene rings is 3. The standard InChI is InChI=1S/C27H31N3O5/c1-27(2,3)21-9-15-24(16-10-21)34-17-6-18-35-26-20(7-5-8-25(26)33-4)19-28-29-22-11-13-23(14-12-22)30(31)32/h5,7-16,19,29H,6,17-18H2,1-4H3/b28-19+. The van der Waals surface area contributed by atoms with Gasteiger partial charge in [0.05, 0.1) is 37.1 Å². The van der Waals surface area contributed by atoms with Crippen LogP contribution in [0.25, 0.3) is 0 Å². The van der Waals surface area contributed by atoms with Crippen LogP contribution in [0.5, 0.6) is 17.2 Å². The molecule has 0 bridgehead atoms. The van der Waals surface area contributed by atoms with E-state index in [-0.39, 0.29) is 11.1 Å². The lowest BCUT2D eigenvalue weighted by atomic mass is 9.87. The predicted octanol–water partition coefficient (Wildman–Crippen LogP) is 6.19. The third-order valence-electron chi connectivity index (χ3n) is 5.23. The van der Waals surface area contributed by atoms with Crippen LogP contribution in [0, 0.1) is 10.1 Å². The van der Waals surface area contributed by atoms with Crippen molar-refractivity contribution in [2.75, 3.05) is 25.7 Å². The zero-order valence-electron chi connectivity index (χ0n) is 20.5. The SMILES string of the molecule is COc1cccc(/C=N/Nc2ccc([N+](=O)[O-])cc2)c1OCCCOc1ccc(C(C)(C)C)cc1. The predicted molar refractivity (Wildman–Crippen MR) is 138 cm³/mol. The number of ether oxygens (including phenoxy) is 3. The van der Waals surface area contributed by atoms with Crippen LogP contribution < -0.4 is 19.6 Å². The number of hydrogen-bond donors (Lipinski definition) is 1. The highest BCUT2D eigenvalue weighted by Crippen LogP contribution is 2.30. The molecule has 1 N–H and O–H groups in total. The van der Waals surface area contributed by atoms with E-state index in [2.05, 4.69) is 43.4 Å². The molecule has 0 aliphatic rings. The summed E-state index contributed by atoms with van der Waals surface area (Å²) < 4.78 is 17.3. The van der Waals surface area contributed by atoms with Gasteiger partial charge in [-0.1, -0.05) is 39.0 Å². The fourth-order valence-electron chi connectivity index (χ4n) is 3.26. The summed E-state index contributed by atoms with van der Waals surface area (Å²) in [7, 11) is 1.59. The molecule has 0 heterocycles. The van der Waals surface area contributed by atoms with Crippen molar-refractivity contribution < 1.29 is 19.1 Å². The number of nitrogens with zero attached hydrogens (tertiary/aromatic N) is 2. The Balaban J connectivity index is 1.54. The molecular formula is C27H31N3O5. The fourth-order valence-corrected chi connectivity index (χ4v) is 3.26. The van der Waals surface area contributed by atoms with Gasteiger partial charge in [0.2, 0.25) is 0 Å². The zero-order valence-corrected chi connectivity index (χ0v) is 20.5. The molecule has 0 unspecified atom stereocenters. The number of nitro groups is 1. The molecule has 0 spiro atoms. The molecule has 3 aromatic carbocycles. The summed E-state index contributed by atoms with van der Waals surface area (Å²) in [5.41, 5.74) is 5.62. The van der Waals surface area contributed by atoms with Crippen molar-refractivity contribution in [3.05, 3.63) is 88.0 Å². The van der Waals surface area contributed by atoms with Gasteiger partial charge in [0.15, 0.2) is 11.5 Å². The van der Waals surface area contributed by atoms with Crippen molar-refractivity contribution in [1.29, 1.82) is 0 Å². The maximum Gasteiger partial charge on any atom is 0.269 e. The zero-order chi connectivity index (χ0) is 25.3. The Kier molecular flexibility index (Phi) is 8.67. The van der Waals surface area contributed by atoms with Gasteiger partial charge in [-0.2, -0.15) is 5.10 Å². The van der Waals surface area contributed by atoms with Gasteiger partial charge in [0.1, 0.15) is 5.75 Å². The van der Waals surface area contributed by atoms with Crippen LogP contribution in [0.3, 0.4) is 0 Å². The third kappa shape index (κ3) is 7.46. The van der Waals surface area contributed by atoms with Crippen LogP contribution in [-0.4, -0.2) is 31.5 Å². The Labute approximate surface area is 205 Å². The maximum absolute atomic E-state index is 10.8. The van der Waals surface area contributed by atoms with E-state index >= 15 is 0 Å². The van der Waals surface area contributed by atoms with Crippen molar-refractivity contribution in [1.82, 2.24) is 0 Å². The lowest BCUT2D eigenvalue weighted by molar-refractivity contribution is -0.384. The summed E-state index contributed by atoms with van der Waals surface area (Å²) in [5.74, 6) is 2.02. The second-order valence-electron chi connectivity index (χ2n) is 8.88. The first-order chi connectivity index (χ1) is 16.8. The summed E-state index contributed by atoms with van der Waals surface area (Å²) in [6.07, 6.45) is 2.31.